The summed E-state index contributed by atoms with van der Waals surface area (Å²) >= 11 is 0. The average molecular weight is 553 g/mol. The summed E-state index contributed by atoms with van der Waals surface area (Å²) in [7, 11) is 1.48. The highest BCUT2D eigenvalue weighted by molar-refractivity contribution is 5.78. The van der Waals surface area contributed by atoms with Gasteiger partial charge in [0.1, 0.15) is 24.4 Å². The molecule has 2 unspecified atom stereocenters. The highest BCUT2D eigenvalue weighted by Gasteiger charge is 2.58. The number of nitrogens with zero attached hydrogens (tertiary/aromatic N) is 2. The van der Waals surface area contributed by atoms with E-state index in [1.807, 2.05) is 43.3 Å². The van der Waals surface area contributed by atoms with Crippen molar-refractivity contribution in [3.8, 4) is 5.75 Å². The van der Waals surface area contributed by atoms with Gasteiger partial charge in [-0.1, -0.05) is 25.1 Å². The Morgan fingerprint density at radius 2 is 1.88 bits per heavy atom. The first-order valence-corrected chi connectivity index (χ1v) is 13.3. The molecule has 2 atom stereocenters. The molecular formula is C30H36N2O8. The maximum absolute atomic E-state index is 13.2. The van der Waals surface area contributed by atoms with Crippen LogP contribution in [0.25, 0.3) is 6.08 Å². The summed E-state index contributed by atoms with van der Waals surface area (Å²) in [4.78, 5) is 38.0. The van der Waals surface area contributed by atoms with Crippen LogP contribution in [0.4, 0.5) is 11.4 Å². The molecule has 0 saturated carbocycles. The van der Waals surface area contributed by atoms with Crippen LogP contribution in [0.5, 0.6) is 5.75 Å². The van der Waals surface area contributed by atoms with Gasteiger partial charge in [-0.25, -0.2) is 0 Å². The molecule has 10 nitrogen and oxygen atoms in total. The lowest BCUT2D eigenvalue weighted by atomic mass is 9.76. The lowest BCUT2D eigenvalue weighted by Gasteiger charge is -2.47. The van der Waals surface area contributed by atoms with Gasteiger partial charge in [0.15, 0.2) is 0 Å². The van der Waals surface area contributed by atoms with E-state index in [4.69, 9.17) is 18.9 Å². The van der Waals surface area contributed by atoms with Crippen LogP contribution in [0, 0.1) is 15.5 Å². The molecule has 0 bridgehead atoms. The minimum atomic E-state index is -1.16. The molecule has 4 rings (SSSR count). The average Bonchev–Trinajstić information content (AvgIpc) is 3.10. The molecule has 0 N–H and O–H groups in total. The fourth-order valence-electron chi connectivity index (χ4n) is 5.39. The van der Waals surface area contributed by atoms with Crippen molar-refractivity contribution >= 4 is 29.4 Å². The van der Waals surface area contributed by atoms with Crippen LogP contribution in [0.1, 0.15) is 51.7 Å². The summed E-state index contributed by atoms with van der Waals surface area (Å²) < 4.78 is 23.0. The van der Waals surface area contributed by atoms with Gasteiger partial charge in [-0.05, 0) is 57.0 Å². The van der Waals surface area contributed by atoms with Gasteiger partial charge in [0.25, 0.3) is 5.69 Å². The van der Waals surface area contributed by atoms with Gasteiger partial charge in [0.05, 0.1) is 23.5 Å². The Morgan fingerprint density at radius 3 is 2.58 bits per heavy atom. The van der Waals surface area contributed by atoms with Crippen molar-refractivity contribution < 1.29 is 33.5 Å². The van der Waals surface area contributed by atoms with E-state index in [0.29, 0.717) is 24.3 Å². The second kappa shape index (κ2) is 11.3. The molecule has 2 heterocycles. The van der Waals surface area contributed by atoms with Crippen molar-refractivity contribution in [1.82, 2.24) is 0 Å². The Balaban J connectivity index is 1.57. The molecule has 1 spiro atoms. The number of para-hydroxylation sites is 1. The quantitative estimate of drug-likeness (QED) is 0.215. The van der Waals surface area contributed by atoms with Crippen LogP contribution in [0.15, 0.2) is 48.5 Å². The number of nitro benzene ring substituents is 1. The van der Waals surface area contributed by atoms with Crippen molar-refractivity contribution in [2.24, 2.45) is 5.41 Å². The molecule has 10 heteroatoms. The third-order valence-corrected chi connectivity index (χ3v) is 7.63. The summed E-state index contributed by atoms with van der Waals surface area (Å²) in [6.07, 6.45) is 4.69. The van der Waals surface area contributed by atoms with Crippen LogP contribution >= 0.6 is 0 Å². The van der Waals surface area contributed by atoms with Gasteiger partial charge >= 0.3 is 11.9 Å². The molecule has 0 amide bonds. The number of carbonyl (C=O) groups excluding carboxylic acids is 2. The van der Waals surface area contributed by atoms with Crippen LogP contribution < -0.4 is 9.64 Å². The van der Waals surface area contributed by atoms with Crippen LogP contribution in [-0.4, -0.2) is 56.1 Å². The Bertz CT molecular complexity index is 1320. The molecule has 214 valence electrons. The molecule has 40 heavy (non-hydrogen) atoms. The third kappa shape index (κ3) is 5.15. The SMILES string of the molecule is CCCC(=O)OCC(C)(COC)C(=O)OCCN1c2ccccc2C(C)(C)C12C=Cc1cc([N+](=O)[O-])ccc1O2. The molecule has 0 saturated heterocycles. The number of non-ortho nitro benzene ring substituents is 1. The van der Waals surface area contributed by atoms with E-state index >= 15 is 0 Å². The predicted molar refractivity (Wildman–Crippen MR) is 149 cm³/mol. The molecule has 2 aromatic carbocycles. The normalized spacial score (nSPS) is 19.8. The van der Waals surface area contributed by atoms with Crippen LogP contribution in [-0.2, 0) is 29.2 Å². The lowest BCUT2D eigenvalue weighted by molar-refractivity contribution is -0.384. The molecule has 0 aromatic heterocycles. The Hall–Kier alpha value is -3.92. The van der Waals surface area contributed by atoms with Gasteiger partial charge < -0.3 is 23.8 Å². The summed E-state index contributed by atoms with van der Waals surface area (Å²) in [6, 6.07) is 12.5. The molecule has 0 aliphatic carbocycles. The minimum Gasteiger partial charge on any atom is -0.464 e. The molecule has 0 fully saturated rings. The zero-order valence-corrected chi connectivity index (χ0v) is 23.6. The first-order chi connectivity index (χ1) is 19.0. The summed E-state index contributed by atoms with van der Waals surface area (Å²) in [5.74, 6) is -0.378. The van der Waals surface area contributed by atoms with Crippen molar-refractivity contribution in [3.05, 3.63) is 69.8 Å². The minimum absolute atomic E-state index is 0.0137. The highest BCUT2D eigenvalue weighted by Crippen LogP contribution is 2.54. The lowest BCUT2D eigenvalue weighted by Crippen LogP contribution is -2.60. The number of benzene rings is 2. The summed E-state index contributed by atoms with van der Waals surface area (Å²) in [6.45, 7) is 7.92. The predicted octanol–water partition coefficient (Wildman–Crippen LogP) is 5.03. The number of hydrogen-bond acceptors (Lipinski definition) is 9. The van der Waals surface area contributed by atoms with E-state index in [0.717, 1.165) is 11.3 Å². The van der Waals surface area contributed by atoms with E-state index < -0.39 is 27.4 Å². The van der Waals surface area contributed by atoms with E-state index in [1.165, 1.54) is 19.2 Å². The number of methoxy groups -OCH3 is 1. The zero-order chi connectivity index (χ0) is 29.1. The number of ether oxygens (including phenoxy) is 4. The smallest absolute Gasteiger partial charge is 0.317 e. The maximum Gasteiger partial charge on any atom is 0.317 e. The first-order valence-electron chi connectivity index (χ1n) is 13.3. The van der Waals surface area contributed by atoms with E-state index in [1.54, 1.807) is 13.0 Å². The monoisotopic (exact) mass is 552 g/mol. The zero-order valence-electron chi connectivity index (χ0n) is 23.6. The van der Waals surface area contributed by atoms with Gasteiger partial charge in [-0.2, -0.15) is 0 Å². The number of hydrogen-bond donors (Lipinski definition) is 0. The van der Waals surface area contributed by atoms with Crippen molar-refractivity contribution in [2.75, 3.05) is 38.4 Å². The molecule has 2 aromatic rings. The largest absolute Gasteiger partial charge is 0.464 e. The van der Waals surface area contributed by atoms with Crippen molar-refractivity contribution in [2.45, 2.75) is 51.7 Å². The topological polar surface area (TPSA) is 117 Å². The van der Waals surface area contributed by atoms with E-state index in [-0.39, 0.29) is 37.9 Å². The third-order valence-electron chi connectivity index (χ3n) is 7.63. The molecular weight excluding hydrogens is 516 g/mol. The van der Waals surface area contributed by atoms with Gasteiger partial charge in [0.2, 0.25) is 5.72 Å². The second-order valence-corrected chi connectivity index (χ2v) is 10.9. The van der Waals surface area contributed by atoms with Gasteiger partial charge in [-0.3, -0.25) is 19.7 Å². The maximum atomic E-state index is 13.2. The highest BCUT2D eigenvalue weighted by atomic mass is 16.6. The molecule has 0 radical (unpaired) electrons. The molecule has 2 aliphatic rings. The number of rotatable bonds is 11. The number of nitro groups is 1. The number of carbonyl (C=O) groups is 2. The molecule has 2 aliphatic heterocycles. The Labute approximate surface area is 234 Å². The number of fused-ring (bicyclic) bond motifs is 2. The first kappa shape index (κ1) is 29.1. The van der Waals surface area contributed by atoms with Gasteiger partial charge in [-0.15, -0.1) is 0 Å². The fourth-order valence-corrected chi connectivity index (χ4v) is 5.39. The Morgan fingerprint density at radius 1 is 1.12 bits per heavy atom. The van der Waals surface area contributed by atoms with Crippen molar-refractivity contribution in [3.63, 3.8) is 0 Å². The van der Waals surface area contributed by atoms with E-state index in [2.05, 4.69) is 18.7 Å². The van der Waals surface area contributed by atoms with Gasteiger partial charge in [0, 0.05) is 36.9 Å². The fraction of sp³-hybridized carbons (Fsp3) is 0.467. The summed E-state index contributed by atoms with van der Waals surface area (Å²) in [5, 5.41) is 11.3. The number of anilines is 1. The van der Waals surface area contributed by atoms with Crippen LogP contribution in [0.2, 0.25) is 0 Å². The Kier molecular flexibility index (Phi) is 8.20. The van der Waals surface area contributed by atoms with Crippen molar-refractivity contribution in [1.29, 1.82) is 0 Å². The standard InChI is InChI=1S/C30H36N2O8/c1-6-9-26(33)39-20-29(4,19-37-5)27(34)38-17-16-31-24-11-8-7-10-23(24)28(2,3)30(31)15-14-21-18-22(32(35)36)12-13-25(21)40-30/h7-8,10-15,18H,6,9,16-17,19-20H2,1-5H3. The van der Waals surface area contributed by atoms with Crippen LogP contribution in [0.3, 0.4) is 0 Å². The summed E-state index contributed by atoms with van der Waals surface area (Å²) in [5.41, 5.74) is -0.0621. The second-order valence-electron chi connectivity index (χ2n) is 10.9. The number of esters is 2. The van der Waals surface area contributed by atoms with E-state index in [9.17, 15) is 19.7 Å².